The molecule has 0 aromatic heterocycles. The Bertz CT molecular complexity index is 696. The molecular weight excluding hydrogens is 525 g/mol. The van der Waals surface area contributed by atoms with Crippen molar-refractivity contribution in [2.45, 2.75) is 134 Å². The third kappa shape index (κ3) is 11.5. The Morgan fingerprint density at radius 1 is 0.725 bits per heavy atom. The topological polar surface area (TPSA) is 49.0 Å². The maximum Gasteiger partial charge on any atom is 0.0967 e. The summed E-state index contributed by atoms with van der Waals surface area (Å²) in [6, 6.07) is 0. The average Bonchev–Trinajstić information content (AvgIpc) is 2.86. The van der Waals surface area contributed by atoms with Crippen LogP contribution < -0.4 is 5.32 Å². The van der Waals surface area contributed by atoms with Gasteiger partial charge in [0.1, 0.15) is 0 Å². The minimum absolute atomic E-state index is 0.0911. The lowest BCUT2D eigenvalue weighted by Crippen LogP contribution is -2.44. The third-order valence-electron chi connectivity index (χ3n) is 8.79. The van der Waals surface area contributed by atoms with Gasteiger partial charge in [0, 0.05) is 21.3 Å². The Morgan fingerprint density at radius 3 is 1.98 bits per heavy atom. The monoisotopic (exact) mass is 589 g/mol. The van der Waals surface area contributed by atoms with E-state index in [2.05, 4.69) is 72.9 Å². The van der Waals surface area contributed by atoms with Crippen molar-refractivity contribution in [1.82, 2.24) is 5.32 Å². The predicted octanol–water partition coefficient (Wildman–Crippen LogP) is 8.36. The summed E-state index contributed by atoms with van der Waals surface area (Å²) in [5.41, 5.74) is 0.0911. The van der Waals surface area contributed by atoms with Crippen LogP contribution in [0.1, 0.15) is 113 Å². The Morgan fingerprint density at radius 2 is 1.32 bits per heavy atom. The number of hydrogen-bond acceptors (Lipinski definition) is 5. The molecule has 1 N–H and O–H groups in total. The van der Waals surface area contributed by atoms with Crippen LogP contribution in [0.5, 0.6) is 0 Å². The lowest BCUT2D eigenvalue weighted by atomic mass is 9.71. The first-order valence-corrected chi connectivity index (χ1v) is 17.6. The molecule has 0 spiro atoms. The molecule has 0 unspecified atom stereocenters. The van der Waals surface area contributed by atoms with Gasteiger partial charge in [-0.3, -0.25) is 5.32 Å². The van der Waals surface area contributed by atoms with Crippen molar-refractivity contribution in [3.05, 3.63) is 12.2 Å². The zero-order chi connectivity index (χ0) is 29.7. The van der Waals surface area contributed by atoms with Crippen molar-refractivity contribution >= 4 is 10.4 Å². The first kappa shape index (κ1) is 36.0. The van der Waals surface area contributed by atoms with Gasteiger partial charge in [-0.25, -0.2) is 0 Å². The van der Waals surface area contributed by atoms with E-state index < -0.39 is 10.4 Å². The summed E-state index contributed by atoms with van der Waals surface area (Å²) >= 11 is 0. The van der Waals surface area contributed by atoms with E-state index in [4.69, 9.17) is 18.9 Å². The van der Waals surface area contributed by atoms with Crippen molar-refractivity contribution in [2.75, 3.05) is 52.9 Å². The molecule has 40 heavy (non-hydrogen) atoms. The molecule has 2 rings (SSSR count). The molecule has 0 radical (unpaired) electrons. The Kier molecular flexibility index (Phi) is 15.5. The van der Waals surface area contributed by atoms with Crippen LogP contribution >= 0.6 is 10.4 Å². The molecule has 2 aliphatic rings. The quantitative estimate of drug-likeness (QED) is 0.111. The van der Waals surface area contributed by atoms with E-state index in [1.165, 1.54) is 12.8 Å². The largest absolute Gasteiger partial charge is 0.378 e. The normalized spacial score (nSPS) is 24.9. The number of ether oxygens (including phenoxy) is 4. The lowest BCUT2D eigenvalue weighted by Gasteiger charge is -2.58. The van der Waals surface area contributed by atoms with Gasteiger partial charge >= 0.3 is 0 Å². The van der Waals surface area contributed by atoms with E-state index in [0.29, 0.717) is 45.2 Å². The van der Waals surface area contributed by atoms with Crippen molar-refractivity contribution in [3.63, 3.8) is 0 Å². The zero-order valence-electron chi connectivity index (χ0n) is 27.3. The molecule has 1 saturated carbocycles. The van der Waals surface area contributed by atoms with E-state index in [1.54, 1.807) is 0 Å². The molecular formula is C33H64FNO4S. The van der Waals surface area contributed by atoms with Gasteiger partial charge in [-0.15, -0.1) is 0 Å². The second-order valence-corrected chi connectivity index (χ2v) is 18.7. The van der Waals surface area contributed by atoms with Crippen LogP contribution in [0, 0.1) is 11.3 Å². The Balaban J connectivity index is 1.50. The van der Waals surface area contributed by atoms with Crippen LogP contribution in [0.4, 0.5) is 3.89 Å². The smallest absolute Gasteiger partial charge is 0.0967 e. The van der Waals surface area contributed by atoms with Gasteiger partial charge in [-0.1, -0.05) is 78.0 Å². The van der Waals surface area contributed by atoms with E-state index in [-0.39, 0.29) is 20.2 Å². The van der Waals surface area contributed by atoms with Gasteiger partial charge < -0.3 is 18.9 Å². The average molecular weight is 590 g/mol. The van der Waals surface area contributed by atoms with Crippen LogP contribution in [0.2, 0.25) is 0 Å². The molecule has 5 nitrogen and oxygen atoms in total. The van der Waals surface area contributed by atoms with E-state index >= 15 is 3.89 Å². The summed E-state index contributed by atoms with van der Waals surface area (Å²) in [6.45, 7) is 22.4. The third-order valence-corrected chi connectivity index (χ3v) is 13.7. The predicted molar refractivity (Wildman–Crippen MR) is 170 cm³/mol. The lowest BCUT2D eigenvalue weighted by molar-refractivity contribution is -0.0225. The van der Waals surface area contributed by atoms with E-state index in [1.807, 2.05) is 0 Å². The first-order chi connectivity index (χ1) is 18.8. The molecule has 7 heteroatoms. The fourth-order valence-electron chi connectivity index (χ4n) is 6.68. The van der Waals surface area contributed by atoms with Gasteiger partial charge in [0.05, 0.1) is 52.5 Å². The highest BCUT2D eigenvalue weighted by Crippen LogP contribution is 2.74. The van der Waals surface area contributed by atoms with E-state index in [0.717, 1.165) is 64.7 Å². The highest BCUT2D eigenvalue weighted by Gasteiger charge is 2.52. The number of halogens is 1. The molecule has 0 aromatic rings. The zero-order valence-corrected chi connectivity index (χ0v) is 28.1. The SMILES string of the molecule is CC(C)(COCCOCCOCNCCO[C@H]1CC/C=C/CCC1)C1CCC(S(F)(C(C)(C)C)C(C)(C)C)CC1. The van der Waals surface area contributed by atoms with Crippen LogP contribution in [0.3, 0.4) is 0 Å². The Hall–Kier alpha value is -0.180. The molecule has 0 heterocycles. The summed E-state index contributed by atoms with van der Waals surface area (Å²) in [4.78, 5) is 0. The molecule has 238 valence electrons. The second kappa shape index (κ2) is 17.2. The van der Waals surface area contributed by atoms with Crippen molar-refractivity contribution in [2.24, 2.45) is 11.3 Å². The molecule has 0 aromatic carbocycles. The maximum absolute atomic E-state index is 16.7. The number of hydrogen-bond donors (Lipinski definition) is 1. The van der Waals surface area contributed by atoms with Crippen LogP contribution in [-0.4, -0.2) is 73.8 Å². The second-order valence-electron chi connectivity index (χ2n) is 14.5. The molecule has 1 fully saturated rings. The summed E-state index contributed by atoms with van der Waals surface area (Å²) in [6.07, 6.45) is 15.0. The minimum Gasteiger partial charge on any atom is -0.378 e. The summed E-state index contributed by atoms with van der Waals surface area (Å²) in [7, 11) is -2.26. The molecule has 0 aliphatic heterocycles. The Labute approximate surface area is 248 Å². The van der Waals surface area contributed by atoms with Crippen LogP contribution in [0.15, 0.2) is 12.2 Å². The number of nitrogens with one attached hydrogen (secondary N) is 1. The maximum atomic E-state index is 16.7. The fourth-order valence-corrected chi connectivity index (χ4v) is 11.4. The van der Waals surface area contributed by atoms with Crippen molar-refractivity contribution in [1.29, 1.82) is 0 Å². The van der Waals surface area contributed by atoms with Crippen molar-refractivity contribution < 1.29 is 22.8 Å². The molecule has 1 atom stereocenters. The highest BCUT2D eigenvalue weighted by molar-refractivity contribution is 8.32. The molecule has 0 bridgehead atoms. The number of allylic oxidation sites excluding steroid dienone is 2. The standard InChI is InChI=1S/C33H64FNO4S/c1-31(2,3)40(34,32(4,5)6)30-18-16-28(17-19-30)33(7,8)26-37-24-22-36-23-25-38-27-35-20-21-39-29-14-12-10-9-11-13-15-29/h9-10,28-30,35H,11-27H2,1-8H3/b10-9+/t28?,29-,30?/m0/s1. The molecule has 2 aliphatic carbocycles. The summed E-state index contributed by atoms with van der Waals surface area (Å²) in [5, 5.41) is 3.48. The van der Waals surface area contributed by atoms with Gasteiger partial charge in [-0.05, 0) is 69.1 Å². The van der Waals surface area contributed by atoms with Crippen molar-refractivity contribution in [3.8, 4) is 0 Å². The van der Waals surface area contributed by atoms with E-state index in [9.17, 15) is 0 Å². The highest BCUT2D eigenvalue weighted by atomic mass is 32.3. The van der Waals surface area contributed by atoms with Gasteiger partial charge in [-0.2, -0.15) is 3.89 Å². The minimum atomic E-state index is -2.26. The fraction of sp³-hybridized carbons (Fsp3) is 0.939. The summed E-state index contributed by atoms with van der Waals surface area (Å²) < 4.78 is 39.4. The summed E-state index contributed by atoms with van der Waals surface area (Å²) in [5.74, 6) is 0.577. The first-order valence-electron chi connectivity index (χ1n) is 16.0. The number of rotatable bonds is 16. The van der Waals surface area contributed by atoms with Gasteiger partial charge in [0.2, 0.25) is 0 Å². The van der Waals surface area contributed by atoms with Crippen LogP contribution in [-0.2, 0) is 18.9 Å². The molecule has 0 saturated heterocycles. The van der Waals surface area contributed by atoms with Gasteiger partial charge in [0.15, 0.2) is 0 Å². The molecule has 0 amide bonds. The van der Waals surface area contributed by atoms with Crippen LogP contribution in [0.25, 0.3) is 0 Å². The van der Waals surface area contributed by atoms with Gasteiger partial charge in [0.25, 0.3) is 0 Å².